The van der Waals surface area contributed by atoms with Crippen LogP contribution in [0.4, 0.5) is 5.69 Å². The molecule has 178 valence electrons. The number of pyridine rings is 1. The molecule has 1 aliphatic heterocycles. The molecule has 35 heavy (non-hydrogen) atoms. The van der Waals surface area contributed by atoms with E-state index in [1.807, 2.05) is 10.6 Å². The summed E-state index contributed by atoms with van der Waals surface area (Å²) >= 11 is 0. The van der Waals surface area contributed by atoms with Gasteiger partial charge < -0.3 is 9.47 Å². The molecule has 3 heteroatoms. The Bertz CT molecular complexity index is 1500. The molecular formula is C32H34N2O. The molecule has 0 amide bonds. The van der Waals surface area contributed by atoms with Crippen LogP contribution in [0, 0.1) is 5.92 Å². The molecule has 3 nitrogen and oxygen atoms in total. The van der Waals surface area contributed by atoms with E-state index in [0.717, 1.165) is 74.4 Å². The van der Waals surface area contributed by atoms with Gasteiger partial charge in [0.15, 0.2) is 0 Å². The minimum atomic E-state index is 0.0486. The summed E-state index contributed by atoms with van der Waals surface area (Å²) in [4.78, 5) is 16.0. The largest absolute Gasteiger partial charge is 0.310 e. The van der Waals surface area contributed by atoms with Crippen LogP contribution < -0.4 is 15.8 Å². The van der Waals surface area contributed by atoms with Gasteiger partial charge in [-0.25, -0.2) is 0 Å². The van der Waals surface area contributed by atoms with E-state index in [9.17, 15) is 4.79 Å². The predicted molar refractivity (Wildman–Crippen MR) is 152 cm³/mol. The van der Waals surface area contributed by atoms with E-state index in [-0.39, 0.29) is 11.6 Å². The van der Waals surface area contributed by atoms with Crippen LogP contribution >= 0.6 is 0 Å². The van der Waals surface area contributed by atoms with Crippen molar-refractivity contribution in [2.75, 3.05) is 4.90 Å². The van der Waals surface area contributed by atoms with E-state index in [0.29, 0.717) is 5.92 Å². The molecule has 0 saturated heterocycles. The average molecular weight is 463 g/mol. The number of hydrogen-bond acceptors (Lipinski definition) is 2. The predicted octanol–water partition coefficient (Wildman–Crippen LogP) is 7.31. The first-order valence-electron chi connectivity index (χ1n) is 12.7. The molecule has 2 heterocycles. The molecule has 0 bridgehead atoms. The van der Waals surface area contributed by atoms with Crippen molar-refractivity contribution in [1.29, 1.82) is 0 Å². The molecule has 0 N–H and O–H groups in total. The maximum Gasteiger partial charge on any atom is 0.259 e. The number of rotatable bonds is 6. The van der Waals surface area contributed by atoms with Crippen LogP contribution in [0.1, 0.15) is 63.3 Å². The lowest BCUT2D eigenvalue weighted by molar-refractivity contribution is 0.378. The molecule has 4 aromatic rings. The standard InChI is InChI=1S/C32H34N2O/c1-8-23-10-12-25(13-11-23)33-20(5)26-14-15-28-22(7)34(24(9-2)18-19(3)4)32(35)29-17-16-27(21(33)6)30(26)31(28)29/h10-17,19,24H,5-9,18H2,1-4H3. The number of aromatic nitrogens is 1. The summed E-state index contributed by atoms with van der Waals surface area (Å²) < 4.78 is 1.94. The van der Waals surface area contributed by atoms with Gasteiger partial charge in [0, 0.05) is 61.1 Å². The highest BCUT2D eigenvalue weighted by atomic mass is 16.1. The molecule has 3 aromatic carbocycles. The van der Waals surface area contributed by atoms with Crippen molar-refractivity contribution in [3.63, 3.8) is 0 Å². The Hall–Kier alpha value is -3.59. The Morgan fingerprint density at radius 1 is 0.800 bits per heavy atom. The second-order valence-corrected chi connectivity index (χ2v) is 10.1. The lowest BCUT2D eigenvalue weighted by Gasteiger charge is -2.35. The summed E-state index contributed by atoms with van der Waals surface area (Å²) in [6.45, 7) is 22.1. The highest BCUT2D eigenvalue weighted by Gasteiger charge is 2.29. The van der Waals surface area contributed by atoms with Crippen molar-refractivity contribution in [2.24, 2.45) is 5.92 Å². The van der Waals surface area contributed by atoms with Crippen LogP contribution in [0.5, 0.6) is 0 Å². The van der Waals surface area contributed by atoms with Crippen molar-refractivity contribution in [3.8, 4) is 0 Å². The van der Waals surface area contributed by atoms with Gasteiger partial charge in [-0.2, -0.15) is 0 Å². The summed E-state index contributed by atoms with van der Waals surface area (Å²) in [6, 6.07) is 17.0. The lowest BCUT2D eigenvalue weighted by Crippen LogP contribution is -2.37. The second-order valence-electron chi connectivity index (χ2n) is 10.1. The molecular weight excluding hydrogens is 428 g/mol. The van der Waals surface area contributed by atoms with Crippen molar-refractivity contribution in [3.05, 3.63) is 94.1 Å². The van der Waals surface area contributed by atoms with Crippen molar-refractivity contribution < 1.29 is 0 Å². The van der Waals surface area contributed by atoms with Gasteiger partial charge in [-0.1, -0.05) is 77.8 Å². The van der Waals surface area contributed by atoms with E-state index in [1.54, 1.807) is 0 Å². The van der Waals surface area contributed by atoms with Gasteiger partial charge in [-0.05, 0) is 48.9 Å². The third kappa shape index (κ3) is 3.44. The van der Waals surface area contributed by atoms with Crippen LogP contribution in [0.15, 0.2) is 66.5 Å². The molecule has 0 spiro atoms. The number of hydrogen-bond donors (Lipinski definition) is 0. The fraction of sp³-hybridized carbons (Fsp3) is 0.281. The van der Waals surface area contributed by atoms with Gasteiger partial charge in [-0.15, -0.1) is 0 Å². The third-order valence-corrected chi connectivity index (χ3v) is 7.56. The van der Waals surface area contributed by atoms with Crippen LogP contribution in [-0.2, 0) is 6.42 Å². The number of nitrogens with zero attached hydrogens (tertiary/aromatic N) is 2. The fourth-order valence-electron chi connectivity index (χ4n) is 5.76. The van der Waals surface area contributed by atoms with E-state index in [4.69, 9.17) is 0 Å². The molecule has 0 fully saturated rings. The number of anilines is 1. The average Bonchev–Trinajstić information content (AvgIpc) is 2.85. The second kappa shape index (κ2) is 8.57. The summed E-state index contributed by atoms with van der Waals surface area (Å²) in [7, 11) is 0. The van der Waals surface area contributed by atoms with Crippen LogP contribution in [-0.4, -0.2) is 4.57 Å². The van der Waals surface area contributed by atoms with Crippen molar-refractivity contribution in [2.45, 2.75) is 53.0 Å². The van der Waals surface area contributed by atoms with Crippen molar-refractivity contribution >= 4 is 45.2 Å². The van der Waals surface area contributed by atoms with Crippen LogP contribution in [0.2, 0.25) is 0 Å². The number of aryl methyl sites for hydroxylation is 1. The van der Waals surface area contributed by atoms with Gasteiger partial charge in [-0.3, -0.25) is 4.79 Å². The Morgan fingerprint density at radius 3 is 1.94 bits per heavy atom. The monoisotopic (exact) mass is 462 g/mol. The van der Waals surface area contributed by atoms with Gasteiger partial charge in [0.1, 0.15) is 0 Å². The Kier molecular flexibility index (Phi) is 5.67. The normalized spacial score (nSPS) is 14.5. The SMILES string of the molecule is C=C1c2ccc3c(=C)n(C(CC)CC(C)C)c(=O)c4ccc(c2c34)C(=C)N1c1ccc(CC)cc1. The zero-order chi connectivity index (χ0) is 25.0. The molecule has 0 saturated carbocycles. The van der Waals surface area contributed by atoms with Crippen LogP contribution in [0.25, 0.3) is 39.5 Å². The van der Waals surface area contributed by atoms with E-state index < -0.39 is 0 Å². The first-order chi connectivity index (χ1) is 16.8. The van der Waals surface area contributed by atoms with Gasteiger partial charge in [0.05, 0.1) is 0 Å². The third-order valence-electron chi connectivity index (χ3n) is 7.56. The van der Waals surface area contributed by atoms with Gasteiger partial charge in [0.2, 0.25) is 0 Å². The van der Waals surface area contributed by atoms with Crippen LogP contribution in [0.3, 0.4) is 0 Å². The van der Waals surface area contributed by atoms with Crippen molar-refractivity contribution in [1.82, 2.24) is 4.57 Å². The first-order valence-corrected chi connectivity index (χ1v) is 12.7. The summed E-state index contributed by atoms with van der Waals surface area (Å²) in [5.74, 6) is 0.501. The number of benzene rings is 3. The maximum absolute atomic E-state index is 13.8. The highest BCUT2D eigenvalue weighted by molar-refractivity contribution is 6.21. The van der Waals surface area contributed by atoms with Gasteiger partial charge >= 0.3 is 0 Å². The lowest BCUT2D eigenvalue weighted by atomic mass is 9.87. The highest BCUT2D eigenvalue weighted by Crippen LogP contribution is 2.45. The molecule has 1 atom stereocenters. The minimum absolute atomic E-state index is 0.0486. The Balaban J connectivity index is 1.76. The maximum atomic E-state index is 13.8. The summed E-state index contributed by atoms with van der Waals surface area (Å²) in [6.07, 6.45) is 2.85. The molecule has 0 radical (unpaired) electrons. The van der Waals surface area contributed by atoms with Gasteiger partial charge in [0.25, 0.3) is 5.56 Å². The quantitative estimate of drug-likeness (QED) is 0.300. The topological polar surface area (TPSA) is 25.2 Å². The Labute approximate surface area is 207 Å². The fourth-order valence-corrected chi connectivity index (χ4v) is 5.76. The van der Waals surface area contributed by atoms with E-state index in [2.05, 4.69) is 94.8 Å². The summed E-state index contributed by atoms with van der Waals surface area (Å²) in [5.41, 5.74) is 6.22. The summed E-state index contributed by atoms with van der Waals surface area (Å²) in [5, 5.41) is 4.62. The molecule has 1 aliphatic rings. The first kappa shape index (κ1) is 23.2. The van der Waals surface area contributed by atoms with E-state index in [1.165, 1.54) is 5.56 Å². The van der Waals surface area contributed by atoms with E-state index >= 15 is 0 Å². The molecule has 1 aromatic heterocycles. The minimum Gasteiger partial charge on any atom is -0.310 e. The molecule has 0 aliphatic carbocycles. The molecule has 5 rings (SSSR count). The molecule has 1 unspecified atom stereocenters. The zero-order valence-corrected chi connectivity index (χ0v) is 21.3. The smallest absolute Gasteiger partial charge is 0.259 e. The Morgan fingerprint density at radius 2 is 1.40 bits per heavy atom. The zero-order valence-electron chi connectivity index (χ0n) is 21.3.